The van der Waals surface area contributed by atoms with Crippen LogP contribution in [0, 0.1) is 5.92 Å². The van der Waals surface area contributed by atoms with E-state index in [1.165, 1.54) is 49.9 Å². The van der Waals surface area contributed by atoms with Gasteiger partial charge < -0.3 is 9.80 Å². The second-order valence-electron chi connectivity index (χ2n) is 10.4. The first-order chi connectivity index (χ1) is 15.5. The summed E-state index contributed by atoms with van der Waals surface area (Å²) in [6.45, 7) is 15.0. The van der Waals surface area contributed by atoms with Crippen molar-refractivity contribution in [3.63, 3.8) is 0 Å². The summed E-state index contributed by atoms with van der Waals surface area (Å²) in [6, 6.07) is 17.1. The molecule has 2 aliphatic rings. The number of anilines is 1. The first-order valence-electron chi connectivity index (χ1n) is 12.0. The largest absolute Gasteiger partial charge is 0.340 e. The van der Waals surface area contributed by atoms with E-state index < -0.39 is 0 Å². The molecule has 0 aliphatic carbocycles. The molecular weight excluding hydrogens is 394 g/mol. The topological polar surface area (TPSA) is 35.5 Å². The molecule has 0 unspecified atom stereocenters. The Morgan fingerprint density at radius 1 is 0.906 bits per heavy atom. The van der Waals surface area contributed by atoms with Crippen LogP contribution in [0.4, 0.5) is 5.95 Å². The summed E-state index contributed by atoms with van der Waals surface area (Å²) in [5, 5.41) is 2.51. The Labute approximate surface area is 192 Å². The average Bonchev–Trinajstić information content (AvgIpc) is 3.27. The van der Waals surface area contributed by atoms with Gasteiger partial charge in [0.25, 0.3) is 0 Å². The minimum absolute atomic E-state index is 0.281. The van der Waals surface area contributed by atoms with Gasteiger partial charge >= 0.3 is 0 Å². The maximum absolute atomic E-state index is 4.94. The van der Waals surface area contributed by atoms with E-state index >= 15 is 0 Å². The summed E-state index contributed by atoms with van der Waals surface area (Å²) in [7, 11) is 0. The third-order valence-electron chi connectivity index (χ3n) is 7.09. The van der Waals surface area contributed by atoms with E-state index in [9.17, 15) is 0 Å². The molecule has 2 aromatic carbocycles. The second-order valence-corrected chi connectivity index (χ2v) is 10.4. The van der Waals surface area contributed by atoms with Crippen LogP contribution in [0.15, 0.2) is 54.7 Å². The standard InChI is InChI=1S/C27H35N5/c1-27(2,3)32-16-14-30(15-17-32)19-21-11-13-31(20-21)26-28-12-10-25(29-26)24-9-8-22-6-4-5-7-23(22)18-24/h4-10,12,18,21H,11,13-17,19-20H2,1-3H3/t21-/m0/s1. The van der Waals surface area contributed by atoms with E-state index in [1.807, 2.05) is 12.3 Å². The van der Waals surface area contributed by atoms with E-state index in [0.717, 1.165) is 30.3 Å². The molecule has 0 bridgehead atoms. The molecule has 1 atom stereocenters. The number of rotatable bonds is 4. The van der Waals surface area contributed by atoms with Crippen molar-refractivity contribution in [1.29, 1.82) is 0 Å². The van der Waals surface area contributed by atoms with Crippen molar-refractivity contribution in [2.24, 2.45) is 5.92 Å². The van der Waals surface area contributed by atoms with Gasteiger partial charge in [0.1, 0.15) is 0 Å². The maximum atomic E-state index is 4.94. The van der Waals surface area contributed by atoms with Gasteiger partial charge in [-0.05, 0) is 56.0 Å². The van der Waals surface area contributed by atoms with Crippen molar-refractivity contribution in [3.05, 3.63) is 54.7 Å². The number of benzene rings is 2. The van der Waals surface area contributed by atoms with Gasteiger partial charge in [-0.25, -0.2) is 9.97 Å². The average molecular weight is 430 g/mol. The van der Waals surface area contributed by atoms with Crippen molar-refractivity contribution in [2.75, 3.05) is 50.7 Å². The number of piperazine rings is 1. The van der Waals surface area contributed by atoms with Crippen molar-refractivity contribution in [1.82, 2.24) is 19.8 Å². The van der Waals surface area contributed by atoms with Gasteiger partial charge in [-0.15, -0.1) is 0 Å². The van der Waals surface area contributed by atoms with Gasteiger partial charge in [0.05, 0.1) is 5.69 Å². The van der Waals surface area contributed by atoms with E-state index in [0.29, 0.717) is 5.92 Å². The number of aromatic nitrogens is 2. The molecular formula is C27H35N5. The highest BCUT2D eigenvalue weighted by atomic mass is 15.3. The minimum Gasteiger partial charge on any atom is -0.340 e. The fraction of sp³-hybridized carbons (Fsp3) is 0.481. The van der Waals surface area contributed by atoms with E-state index in [4.69, 9.17) is 4.98 Å². The molecule has 2 fully saturated rings. The van der Waals surface area contributed by atoms with Crippen LogP contribution in [0.2, 0.25) is 0 Å². The predicted molar refractivity (Wildman–Crippen MR) is 133 cm³/mol. The number of nitrogens with zero attached hydrogens (tertiary/aromatic N) is 5. The van der Waals surface area contributed by atoms with E-state index in [-0.39, 0.29) is 5.54 Å². The molecule has 3 heterocycles. The SMILES string of the molecule is CC(C)(C)N1CCN(C[C@@H]2CCN(c3nccc(-c4ccc5ccccc5c4)n3)C2)CC1. The lowest BCUT2D eigenvalue weighted by Gasteiger charge is -2.42. The maximum Gasteiger partial charge on any atom is 0.225 e. The molecule has 2 aliphatic heterocycles. The van der Waals surface area contributed by atoms with E-state index in [1.54, 1.807) is 0 Å². The molecule has 0 N–H and O–H groups in total. The van der Waals surface area contributed by atoms with Crippen LogP contribution in [0.3, 0.4) is 0 Å². The molecule has 0 spiro atoms. The summed E-state index contributed by atoms with van der Waals surface area (Å²) >= 11 is 0. The zero-order valence-corrected chi connectivity index (χ0v) is 19.7. The van der Waals surface area contributed by atoms with Gasteiger partial charge in [-0.1, -0.05) is 36.4 Å². The summed E-state index contributed by atoms with van der Waals surface area (Å²) in [4.78, 5) is 17.2. The highest BCUT2D eigenvalue weighted by molar-refractivity contribution is 5.86. The van der Waals surface area contributed by atoms with Crippen LogP contribution in [0.25, 0.3) is 22.0 Å². The summed E-state index contributed by atoms with van der Waals surface area (Å²) in [5.74, 6) is 1.57. The Hall–Kier alpha value is -2.50. The normalized spacial score (nSPS) is 20.8. The van der Waals surface area contributed by atoms with Crippen LogP contribution in [-0.2, 0) is 0 Å². The number of hydrogen-bond acceptors (Lipinski definition) is 5. The summed E-state index contributed by atoms with van der Waals surface area (Å²) in [5.41, 5.74) is 2.44. The highest BCUT2D eigenvalue weighted by Crippen LogP contribution is 2.27. The second kappa shape index (κ2) is 8.80. The molecule has 5 nitrogen and oxygen atoms in total. The molecule has 32 heavy (non-hydrogen) atoms. The van der Waals surface area contributed by atoms with Crippen molar-refractivity contribution >= 4 is 16.7 Å². The number of fused-ring (bicyclic) bond motifs is 1. The Kier molecular flexibility index (Phi) is 5.87. The predicted octanol–water partition coefficient (Wildman–Crippen LogP) is 4.54. The van der Waals surface area contributed by atoms with Crippen molar-refractivity contribution < 1.29 is 0 Å². The van der Waals surface area contributed by atoms with Gasteiger partial charge in [0, 0.05) is 63.1 Å². The van der Waals surface area contributed by atoms with Crippen LogP contribution >= 0.6 is 0 Å². The van der Waals surface area contributed by atoms with Gasteiger partial charge in [0.15, 0.2) is 0 Å². The van der Waals surface area contributed by atoms with Crippen molar-refractivity contribution in [2.45, 2.75) is 32.7 Å². The fourth-order valence-electron chi connectivity index (χ4n) is 5.14. The monoisotopic (exact) mass is 429 g/mol. The lowest BCUT2D eigenvalue weighted by Crippen LogP contribution is -2.54. The van der Waals surface area contributed by atoms with Crippen molar-refractivity contribution in [3.8, 4) is 11.3 Å². The zero-order valence-electron chi connectivity index (χ0n) is 19.7. The van der Waals surface area contributed by atoms with Crippen LogP contribution in [0.5, 0.6) is 0 Å². The zero-order chi connectivity index (χ0) is 22.1. The number of hydrogen-bond donors (Lipinski definition) is 0. The van der Waals surface area contributed by atoms with Crippen LogP contribution < -0.4 is 4.90 Å². The molecule has 5 heteroatoms. The Morgan fingerprint density at radius 2 is 1.69 bits per heavy atom. The molecule has 5 rings (SSSR count). The fourth-order valence-corrected chi connectivity index (χ4v) is 5.14. The summed E-state index contributed by atoms with van der Waals surface area (Å²) in [6.07, 6.45) is 3.13. The highest BCUT2D eigenvalue weighted by Gasteiger charge is 2.30. The summed E-state index contributed by atoms with van der Waals surface area (Å²) < 4.78 is 0. The molecule has 1 aromatic heterocycles. The van der Waals surface area contributed by atoms with Crippen LogP contribution in [0.1, 0.15) is 27.2 Å². The lowest BCUT2D eigenvalue weighted by molar-refractivity contribution is 0.0566. The molecule has 168 valence electrons. The molecule has 0 amide bonds. The van der Waals surface area contributed by atoms with Gasteiger partial charge in [-0.3, -0.25) is 4.90 Å². The van der Waals surface area contributed by atoms with Gasteiger partial charge in [-0.2, -0.15) is 0 Å². The lowest BCUT2D eigenvalue weighted by atomic mass is 10.0. The molecule has 0 saturated carbocycles. The van der Waals surface area contributed by atoms with E-state index in [2.05, 4.69) is 82.9 Å². The Morgan fingerprint density at radius 3 is 2.47 bits per heavy atom. The molecule has 0 radical (unpaired) electrons. The smallest absolute Gasteiger partial charge is 0.225 e. The molecule has 2 saturated heterocycles. The Bertz CT molecular complexity index is 1060. The quantitative estimate of drug-likeness (QED) is 0.608. The first kappa shape index (κ1) is 21.4. The minimum atomic E-state index is 0.281. The van der Waals surface area contributed by atoms with Gasteiger partial charge in [0.2, 0.25) is 5.95 Å². The molecule has 3 aromatic rings. The first-order valence-corrected chi connectivity index (χ1v) is 12.0. The Balaban J connectivity index is 1.22. The third kappa shape index (κ3) is 4.64. The third-order valence-corrected chi connectivity index (χ3v) is 7.09. The van der Waals surface area contributed by atoms with Crippen LogP contribution in [-0.4, -0.2) is 71.1 Å².